The first-order valence-corrected chi connectivity index (χ1v) is 5.61. The lowest BCUT2D eigenvalue weighted by Gasteiger charge is -2.20. The van der Waals surface area contributed by atoms with Gasteiger partial charge in [0, 0.05) is 0 Å². The van der Waals surface area contributed by atoms with Crippen molar-refractivity contribution < 1.29 is 9.84 Å². The molecule has 0 radical (unpaired) electrons. The van der Waals surface area contributed by atoms with Gasteiger partial charge in [0.05, 0.1) is 12.2 Å². The van der Waals surface area contributed by atoms with Crippen molar-refractivity contribution >= 4 is 0 Å². The number of hydrogen-bond donors (Lipinski definition) is 1. The Bertz CT molecular complexity index is 161. The minimum Gasteiger partial charge on any atom is -0.391 e. The second-order valence-corrected chi connectivity index (χ2v) is 4.62. The Morgan fingerprint density at radius 2 is 2.00 bits per heavy atom. The number of epoxide rings is 1. The van der Waals surface area contributed by atoms with E-state index in [0.29, 0.717) is 6.10 Å². The van der Waals surface area contributed by atoms with Crippen LogP contribution in [0.5, 0.6) is 0 Å². The third-order valence-corrected chi connectivity index (χ3v) is 3.39. The second-order valence-electron chi connectivity index (χ2n) is 4.62. The molecule has 0 amide bonds. The molecule has 0 aromatic carbocycles. The van der Waals surface area contributed by atoms with Crippen molar-refractivity contribution in [1.82, 2.24) is 0 Å². The maximum Gasteiger partial charge on any atom is 0.110 e. The summed E-state index contributed by atoms with van der Waals surface area (Å²) >= 11 is 0. The third kappa shape index (κ3) is 2.44. The number of aliphatic hydroxyl groups is 1. The van der Waals surface area contributed by atoms with Crippen LogP contribution in [0.2, 0.25) is 0 Å². The van der Waals surface area contributed by atoms with E-state index in [-0.39, 0.29) is 12.2 Å². The van der Waals surface area contributed by atoms with Crippen molar-refractivity contribution in [3.8, 4) is 0 Å². The van der Waals surface area contributed by atoms with Crippen molar-refractivity contribution in [3.63, 3.8) is 0 Å². The Labute approximate surface area is 80.3 Å². The van der Waals surface area contributed by atoms with Crippen LogP contribution in [0.4, 0.5) is 0 Å². The minimum atomic E-state index is -0.270. The van der Waals surface area contributed by atoms with Gasteiger partial charge in [0.25, 0.3) is 0 Å². The highest BCUT2D eigenvalue weighted by atomic mass is 16.6. The Hall–Kier alpha value is -0.0800. The Morgan fingerprint density at radius 3 is 2.54 bits per heavy atom. The molecule has 2 fully saturated rings. The van der Waals surface area contributed by atoms with Crippen LogP contribution < -0.4 is 0 Å². The van der Waals surface area contributed by atoms with E-state index in [1.165, 1.54) is 38.5 Å². The predicted molar refractivity (Wildman–Crippen MR) is 51.5 cm³/mol. The molecule has 0 unspecified atom stereocenters. The van der Waals surface area contributed by atoms with Crippen molar-refractivity contribution in [2.45, 2.75) is 63.8 Å². The number of ether oxygens (including phenoxy) is 1. The topological polar surface area (TPSA) is 32.8 Å². The molecule has 1 N–H and O–H groups in total. The molecule has 0 spiro atoms. The van der Waals surface area contributed by atoms with E-state index in [0.717, 1.165) is 5.92 Å². The van der Waals surface area contributed by atoms with Gasteiger partial charge >= 0.3 is 0 Å². The molecule has 1 aliphatic heterocycles. The van der Waals surface area contributed by atoms with Crippen LogP contribution >= 0.6 is 0 Å². The van der Waals surface area contributed by atoms with Gasteiger partial charge in [0.1, 0.15) is 6.10 Å². The molecule has 2 nitrogen and oxygen atoms in total. The quantitative estimate of drug-likeness (QED) is 0.681. The molecule has 0 aromatic heterocycles. The van der Waals surface area contributed by atoms with Crippen molar-refractivity contribution in [2.75, 3.05) is 0 Å². The van der Waals surface area contributed by atoms with Gasteiger partial charge in [-0.3, -0.25) is 0 Å². The molecule has 2 rings (SSSR count). The Balaban J connectivity index is 1.68. The number of hydrogen-bond acceptors (Lipinski definition) is 2. The van der Waals surface area contributed by atoms with E-state index in [1.54, 1.807) is 0 Å². The van der Waals surface area contributed by atoms with E-state index < -0.39 is 0 Å². The Kier molecular flexibility index (Phi) is 2.89. The van der Waals surface area contributed by atoms with E-state index in [1.807, 2.05) is 6.92 Å². The van der Waals surface area contributed by atoms with Crippen LogP contribution in [0.15, 0.2) is 0 Å². The van der Waals surface area contributed by atoms with E-state index in [2.05, 4.69) is 0 Å². The molecular weight excluding hydrogens is 164 g/mol. The van der Waals surface area contributed by atoms with Gasteiger partial charge in [-0.1, -0.05) is 32.1 Å². The molecule has 3 atom stereocenters. The summed E-state index contributed by atoms with van der Waals surface area (Å²) in [4.78, 5) is 0. The van der Waals surface area contributed by atoms with Gasteiger partial charge in [0.15, 0.2) is 0 Å². The summed E-state index contributed by atoms with van der Waals surface area (Å²) in [6.45, 7) is 1.82. The summed E-state index contributed by atoms with van der Waals surface area (Å²) in [6, 6.07) is 0. The smallest absolute Gasteiger partial charge is 0.110 e. The second kappa shape index (κ2) is 3.97. The van der Waals surface area contributed by atoms with Gasteiger partial charge < -0.3 is 9.84 Å². The largest absolute Gasteiger partial charge is 0.391 e. The summed E-state index contributed by atoms with van der Waals surface area (Å²) in [7, 11) is 0. The van der Waals surface area contributed by atoms with Crippen LogP contribution in [-0.2, 0) is 4.74 Å². The molecule has 0 aromatic rings. The van der Waals surface area contributed by atoms with Crippen LogP contribution in [0.3, 0.4) is 0 Å². The minimum absolute atomic E-state index is 0.155. The molecule has 0 bridgehead atoms. The monoisotopic (exact) mass is 184 g/mol. The van der Waals surface area contributed by atoms with E-state index in [9.17, 15) is 5.11 Å². The first kappa shape index (κ1) is 9.47. The SMILES string of the molecule is C[C@H](O)[C@H]1O[C@@H]1CC1CCCCC1. The van der Waals surface area contributed by atoms with Gasteiger partial charge in [-0.2, -0.15) is 0 Å². The summed E-state index contributed by atoms with van der Waals surface area (Å²) < 4.78 is 5.43. The van der Waals surface area contributed by atoms with E-state index >= 15 is 0 Å². The van der Waals surface area contributed by atoms with Gasteiger partial charge in [0.2, 0.25) is 0 Å². The van der Waals surface area contributed by atoms with Gasteiger partial charge in [-0.25, -0.2) is 0 Å². The normalized spacial score (nSPS) is 37.4. The summed E-state index contributed by atoms with van der Waals surface area (Å²) in [6.07, 6.45) is 8.43. The summed E-state index contributed by atoms with van der Waals surface area (Å²) in [5.41, 5.74) is 0. The molecule has 1 heterocycles. The lowest BCUT2D eigenvalue weighted by atomic mass is 9.85. The molecule has 1 aliphatic carbocycles. The molecule has 1 saturated carbocycles. The van der Waals surface area contributed by atoms with Crippen LogP contribution in [0.1, 0.15) is 45.4 Å². The molecule has 1 saturated heterocycles. The average Bonchev–Trinajstić information content (AvgIpc) is 2.86. The van der Waals surface area contributed by atoms with Gasteiger partial charge in [-0.15, -0.1) is 0 Å². The van der Waals surface area contributed by atoms with Crippen molar-refractivity contribution in [2.24, 2.45) is 5.92 Å². The van der Waals surface area contributed by atoms with Crippen LogP contribution in [0.25, 0.3) is 0 Å². The lowest BCUT2D eigenvalue weighted by molar-refractivity contribution is 0.152. The maximum absolute atomic E-state index is 9.27. The molecule has 2 heteroatoms. The zero-order chi connectivity index (χ0) is 9.26. The molecule has 2 aliphatic rings. The summed E-state index contributed by atoms with van der Waals surface area (Å²) in [5.74, 6) is 0.877. The fourth-order valence-corrected chi connectivity index (χ4v) is 2.52. The molecule has 76 valence electrons. The van der Waals surface area contributed by atoms with E-state index in [4.69, 9.17) is 4.74 Å². The van der Waals surface area contributed by atoms with Crippen LogP contribution in [-0.4, -0.2) is 23.4 Å². The van der Waals surface area contributed by atoms with Crippen molar-refractivity contribution in [3.05, 3.63) is 0 Å². The highest BCUT2D eigenvalue weighted by Gasteiger charge is 2.43. The summed E-state index contributed by atoms with van der Waals surface area (Å²) in [5, 5.41) is 9.27. The first-order valence-electron chi connectivity index (χ1n) is 5.61. The lowest BCUT2D eigenvalue weighted by Crippen LogP contribution is -2.15. The highest BCUT2D eigenvalue weighted by Crippen LogP contribution is 2.36. The molecular formula is C11H20O2. The Morgan fingerprint density at radius 1 is 1.31 bits per heavy atom. The predicted octanol–water partition coefficient (Wildman–Crippen LogP) is 2.10. The zero-order valence-electron chi connectivity index (χ0n) is 8.41. The molecule has 13 heavy (non-hydrogen) atoms. The average molecular weight is 184 g/mol. The fourth-order valence-electron chi connectivity index (χ4n) is 2.52. The first-order chi connectivity index (χ1) is 6.27. The fraction of sp³-hybridized carbons (Fsp3) is 1.00. The highest BCUT2D eigenvalue weighted by molar-refractivity contribution is 4.90. The standard InChI is InChI=1S/C11H20O2/c1-8(12)11-10(13-11)7-9-5-3-2-4-6-9/h8-12H,2-7H2,1H3/t8-,10+,11+/m0/s1. The number of aliphatic hydroxyl groups excluding tert-OH is 1. The zero-order valence-corrected chi connectivity index (χ0v) is 8.41. The maximum atomic E-state index is 9.27. The number of rotatable bonds is 3. The van der Waals surface area contributed by atoms with Crippen molar-refractivity contribution in [1.29, 1.82) is 0 Å². The van der Waals surface area contributed by atoms with Gasteiger partial charge in [-0.05, 0) is 19.3 Å². The van der Waals surface area contributed by atoms with Crippen LogP contribution in [0, 0.1) is 5.92 Å². The third-order valence-electron chi connectivity index (χ3n) is 3.39.